The Morgan fingerprint density at radius 1 is 1.39 bits per heavy atom. The van der Waals surface area contributed by atoms with Gasteiger partial charge >= 0.3 is 0 Å². The van der Waals surface area contributed by atoms with E-state index >= 15 is 0 Å². The Morgan fingerprint density at radius 3 is 2.61 bits per heavy atom. The average Bonchev–Trinajstić information content (AvgIpc) is 3.24. The van der Waals surface area contributed by atoms with Gasteiger partial charge in [-0.25, -0.2) is 4.98 Å². The van der Waals surface area contributed by atoms with Crippen molar-refractivity contribution >= 4 is 23.0 Å². The molecule has 3 N–H and O–H groups in total. The highest BCUT2D eigenvalue weighted by Gasteiger charge is 2.41. The number of nitrogens with one attached hydrogen (secondary N) is 1. The van der Waals surface area contributed by atoms with Gasteiger partial charge in [0.1, 0.15) is 10.8 Å². The van der Waals surface area contributed by atoms with Gasteiger partial charge in [-0.1, -0.05) is 12.2 Å². The molecule has 1 aromatic heterocycles. The Balaban J connectivity index is 1.66. The topological polar surface area (TPSA) is 50.9 Å². The molecule has 18 heavy (non-hydrogen) atoms. The maximum absolute atomic E-state index is 5.72. The molecule has 0 spiro atoms. The van der Waals surface area contributed by atoms with Gasteiger partial charge in [-0.15, -0.1) is 0 Å². The third-order valence-electron chi connectivity index (χ3n) is 4.03. The molecule has 4 heteroatoms. The monoisotopic (exact) mass is 261 g/mol. The van der Waals surface area contributed by atoms with Gasteiger partial charge in [0.05, 0.1) is 5.56 Å². The second kappa shape index (κ2) is 4.84. The molecule has 0 atom stereocenters. The van der Waals surface area contributed by atoms with Crippen LogP contribution in [-0.4, -0.2) is 16.5 Å². The van der Waals surface area contributed by atoms with Gasteiger partial charge < -0.3 is 11.1 Å². The minimum absolute atomic E-state index is 0.417. The number of nitrogens with two attached hydrogens (primary N) is 1. The van der Waals surface area contributed by atoms with Crippen molar-refractivity contribution in [2.45, 2.75) is 25.7 Å². The van der Waals surface area contributed by atoms with Crippen LogP contribution in [0.1, 0.15) is 31.2 Å². The second-order valence-electron chi connectivity index (χ2n) is 5.48. The van der Waals surface area contributed by atoms with Crippen molar-refractivity contribution in [3.8, 4) is 0 Å². The molecule has 2 fully saturated rings. The highest BCUT2D eigenvalue weighted by atomic mass is 32.1. The summed E-state index contributed by atoms with van der Waals surface area (Å²) in [7, 11) is 0. The van der Waals surface area contributed by atoms with Gasteiger partial charge in [0, 0.05) is 12.7 Å². The fourth-order valence-corrected chi connectivity index (χ4v) is 2.89. The third kappa shape index (κ3) is 2.64. The van der Waals surface area contributed by atoms with E-state index in [4.69, 9.17) is 18.0 Å². The highest BCUT2D eigenvalue weighted by Crippen LogP contribution is 2.49. The molecule has 1 heterocycles. The van der Waals surface area contributed by atoms with Crippen molar-refractivity contribution in [1.29, 1.82) is 0 Å². The first kappa shape index (κ1) is 11.9. The van der Waals surface area contributed by atoms with Crippen LogP contribution in [0.3, 0.4) is 0 Å². The normalized spacial score (nSPS) is 18.9. The van der Waals surface area contributed by atoms with Crippen LogP contribution in [0.15, 0.2) is 18.3 Å². The summed E-state index contributed by atoms with van der Waals surface area (Å²) in [6, 6.07) is 3.81. The van der Waals surface area contributed by atoms with Crippen LogP contribution >= 0.6 is 12.2 Å². The lowest BCUT2D eigenvalue weighted by Crippen LogP contribution is -2.21. The summed E-state index contributed by atoms with van der Waals surface area (Å²) >= 11 is 5.06. The van der Waals surface area contributed by atoms with Gasteiger partial charge in [0.25, 0.3) is 0 Å². The quantitative estimate of drug-likeness (QED) is 0.773. The van der Waals surface area contributed by atoms with E-state index in [1.54, 1.807) is 6.20 Å². The van der Waals surface area contributed by atoms with Crippen molar-refractivity contribution in [2.75, 3.05) is 11.9 Å². The number of pyridine rings is 1. The van der Waals surface area contributed by atoms with E-state index in [-0.39, 0.29) is 0 Å². The van der Waals surface area contributed by atoms with Gasteiger partial charge in [0.15, 0.2) is 0 Å². The molecule has 0 amide bonds. The number of nitrogens with zero attached hydrogens (tertiary/aromatic N) is 1. The van der Waals surface area contributed by atoms with Crippen molar-refractivity contribution in [3.05, 3.63) is 23.9 Å². The van der Waals surface area contributed by atoms with Crippen LogP contribution in [0.4, 0.5) is 5.82 Å². The van der Waals surface area contributed by atoms with Gasteiger partial charge in [-0.05, 0) is 55.6 Å². The zero-order valence-corrected chi connectivity index (χ0v) is 11.2. The summed E-state index contributed by atoms with van der Waals surface area (Å²) in [6.45, 7) is 1.02. The first-order valence-corrected chi connectivity index (χ1v) is 7.15. The highest BCUT2D eigenvalue weighted by molar-refractivity contribution is 7.80. The second-order valence-corrected chi connectivity index (χ2v) is 5.92. The maximum Gasteiger partial charge on any atom is 0.136 e. The van der Waals surface area contributed by atoms with E-state index in [0.717, 1.165) is 35.7 Å². The zero-order chi connectivity index (χ0) is 12.5. The molecule has 0 unspecified atom stereocenters. The summed E-state index contributed by atoms with van der Waals surface area (Å²) < 4.78 is 0. The molecule has 96 valence electrons. The summed E-state index contributed by atoms with van der Waals surface area (Å²) in [5, 5.41) is 3.46. The molecule has 0 saturated heterocycles. The van der Waals surface area contributed by atoms with Crippen LogP contribution in [-0.2, 0) is 0 Å². The van der Waals surface area contributed by atoms with Gasteiger partial charge in [0.2, 0.25) is 0 Å². The lowest BCUT2D eigenvalue weighted by Gasteiger charge is -2.17. The number of hydrogen-bond acceptors (Lipinski definition) is 3. The Hall–Kier alpha value is -1.16. The largest absolute Gasteiger partial charge is 0.389 e. The number of aromatic nitrogens is 1. The maximum atomic E-state index is 5.72. The Bertz CT molecular complexity index is 440. The summed E-state index contributed by atoms with van der Waals surface area (Å²) in [6.07, 6.45) is 7.42. The molecule has 3 rings (SSSR count). The summed E-state index contributed by atoms with van der Waals surface area (Å²) in [4.78, 5) is 4.77. The smallest absolute Gasteiger partial charge is 0.136 e. The van der Waals surface area contributed by atoms with E-state index in [2.05, 4.69) is 10.3 Å². The first-order valence-electron chi connectivity index (χ1n) is 6.74. The standard InChI is InChI=1S/C14H19N3S/c15-13(18)11-2-1-7-16-14(11)17-8-12(9-3-4-9)10-5-6-10/h1-2,7,9-10,12H,3-6,8H2,(H2,15,18)(H,16,17). The van der Waals surface area contributed by atoms with E-state index in [9.17, 15) is 0 Å². The fourth-order valence-electron chi connectivity index (χ4n) is 2.73. The molecule has 2 saturated carbocycles. The van der Waals surface area contributed by atoms with Gasteiger partial charge in [-0.3, -0.25) is 0 Å². The lowest BCUT2D eigenvalue weighted by molar-refractivity contribution is 0.427. The predicted octanol–water partition coefficient (Wildman–Crippen LogP) is 2.56. The molecular weight excluding hydrogens is 242 g/mol. The molecule has 2 aliphatic carbocycles. The van der Waals surface area contributed by atoms with Crippen LogP contribution in [0.2, 0.25) is 0 Å². The van der Waals surface area contributed by atoms with Crippen LogP contribution in [0, 0.1) is 17.8 Å². The molecule has 0 aromatic carbocycles. The lowest BCUT2D eigenvalue weighted by atomic mass is 9.98. The SMILES string of the molecule is NC(=S)c1cccnc1NCC(C1CC1)C1CC1. The molecule has 0 radical (unpaired) electrons. The van der Waals surface area contributed by atoms with E-state index in [0.29, 0.717) is 4.99 Å². The number of anilines is 1. The van der Waals surface area contributed by atoms with Crippen LogP contribution < -0.4 is 11.1 Å². The molecule has 2 aliphatic rings. The van der Waals surface area contributed by atoms with Crippen LogP contribution in [0.5, 0.6) is 0 Å². The van der Waals surface area contributed by atoms with Crippen molar-refractivity contribution < 1.29 is 0 Å². The fraction of sp³-hybridized carbons (Fsp3) is 0.571. The Kier molecular flexibility index (Phi) is 3.20. The predicted molar refractivity (Wildman–Crippen MR) is 77.6 cm³/mol. The van der Waals surface area contributed by atoms with Crippen LogP contribution in [0.25, 0.3) is 0 Å². The molecular formula is C14H19N3S. The summed E-state index contributed by atoms with van der Waals surface area (Å²) in [5.41, 5.74) is 6.58. The minimum atomic E-state index is 0.417. The molecule has 0 aliphatic heterocycles. The molecule has 1 aromatic rings. The van der Waals surface area contributed by atoms with Crippen molar-refractivity contribution in [3.63, 3.8) is 0 Å². The molecule has 0 bridgehead atoms. The van der Waals surface area contributed by atoms with Gasteiger partial charge in [-0.2, -0.15) is 0 Å². The van der Waals surface area contributed by atoms with E-state index in [1.807, 2.05) is 12.1 Å². The number of hydrogen-bond donors (Lipinski definition) is 2. The third-order valence-corrected chi connectivity index (χ3v) is 4.25. The Labute approximate surface area is 113 Å². The van der Waals surface area contributed by atoms with E-state index in [1.165, 1.54) is 25.7 Å². The van der Waals surface area contributed by atoms with E-state index < -0.39 is 0 Å². The van der Waals surface area contributed by atoms with Crippen molar-refractivity contribution in [1.82, 2.24) is 4.98 Å². The van der Waals surface area contributed by atoms with Crippen molar-refractivity contribution in [2.24, 2.45) is 23.5 Å². The number of thiocarbonyl (C=S) groups is 1. The summed E-state index contributed by atoms with van der Waals surface area (Å²) in [5.74, 6) is 3.56. The molecule has 3 nitrogen and oxygen atoms in total. The average molecular weight is 261 g/mol. The number of rotatable bonds is 6. The zero-order valence-electron chi connectivity index (χ0n) is 10.4. The Morgan fingerprint density at radius 2 is 2.06 bits per heavy atom. The minimum Gasteiger partial charge on any atom is -0.389 e. The first-order chi connectivity index (χ1) is 8.75.